The van der Waals surface area contributed by atoms with E-state index in [1.807, 2.05) is 54.6 Å². The molecule has 3 amide bonds. The summed E-state index contributed by atoms with van der Waals surface area (Å²) in [5.74, 6) is 0.449. The van der Waals surface area contributed by atoms with Crippen molar-refractivity contribution in [2.45, 2.75) is 25.5 Å². The summed E-state index contributed by atoms with van der Waals surface area (Å²) in [5.41, 5.74) is 2.13. The number of ether oxygens (including phenoxy) is 2. The highest BCUT2D eigenvalue weighted by atomic mass is 16.6. The number of benzene rings is 2. The number of hydrogen-bond acceptors (Lipinski definition) is 5. The minimum atomic E-state index is -0.612. The Bertz CT molecular complexity index is 892. The normalized spacial score (nSPS) is 16.6. The molecule has 2 aromatic rings. The van der Waals surface area contributed by atoms with Crippen molar-refractivity contribution in [1.29, 1.82) is 0 Å². The highest BCUT2D eigenvalue weighted by Crippen LogP contribution is 2.21. The van der Waals surface area contributed by atoms with Crippen LogP contribution in [-0.2, 0) is 27.4 Å². The topological polar surface area (TPSA) is 76.2 Å². The molecule has 0 saturated carbocycles. The van der Waals surface area contributed by atoms with E-state index in [4.69, 9.17) is 9.47 Å². The number of rotatable bonds is 7. The van der Waals surface area contributed by atoms with E-state index >= 15 is 0 Å². The van der Waals surface area contributed by atoms with Crippen molar-refractivity contribution in [3.8, 4) is 5.75 Å². The number of imide groups is 1. The maximum atomic E-state index is 12.4. The lowest BCUT2D eigenvalue weighted by atomic mass is 10.0. The molecule has 0 unspecified atom stereocenters. The van der Waals surface area contributed by atoms with Gasteiger partial charge in [-0.3, -0.25) is 9.59 Å². The summed E-state index contributed by atoms with van der Waals surface area (Å²) in [7, 11) is 0. The standard InChI is InChI=1S/C22H22N2O5/c25-20(23-12-18(13-23)24-21(26)15-29-22(24)27)10-9-16-7-4-8-19(11-16)28-14-17-5-2-1-3-6-17/h1-8,11,18H,9-10,12-15H2. The van der Waals surface area contributed by atoms with Crippen LogP contribution in [0.4, 0.5) is 4.79 Å². The average molecular weight is 394 g/mol. The molecule has 2 saturated heterocycles. The van der Waals surface area contributed by atoms with E-state index in [1.54, 1.807) is 4.90 Å². The zero-order chi connectivity index (χ0) is 20.2. The second kappa shape index (κ2) is 8.34. The van der Waals surface area contributed by atoms with Gasteiger partial charge in [0.1, 0.15) is 12.4 Å². The predicted octanol–water partition coefficient (Wildman–Crippen LogP) is 2.39. The van der Waals surface area contributed by atoms with Crippen molar-refractivity contribution in [2.24, 2.45) is 0 Å². The van der Waals surface area contributed by atoms with E-state index < -0.39 is 6.09 Å². The number of nitrogens with zero attached hydrogens (tertiary/aromatic N) is 2. The first-order valence-electron chi connectivity index (χ1n) is 9.62. The van der Waals surface area contributed by atoms with Gasteiger partial charge < -0.3 is 14.4 Å². The molecule has 0 bridgehead atoms. The minimum absolute atomic E-state index is 0.0110. The van der Waals surface area contributed by atoms with Crippen molar-refractivity contribution in [2.75, 3.05) is 19.7 Å². The Hall–Kier alpha value is -3.35. The molecule has 2 heterocycles. The van der Waals surface area contributed by atoms with Gasteiger partial charge in [0, 0.05) is 19.5 Å². The molecule has 0 atom stereocenters. The van der Waals surface area contributed by atoms with Crippen LogP contribution < -0.4 is 4.74 Å². The zero-order valence-electron chi connectivity index (χ0n) is 16.0. The lowest BCUT2D eigenvalue weighted by Gasteiger charge is -2.42. The molecule has 4 rings (SSSR count). The summed E-state index contributed by atoms with van der Waals surface area (Å²) in [5, 5.41) is 0. The molecule has 0 aliphatic carbocycles. The summed E-state index contributed by atoms with van der Waals surface area (Å²) in [6.07, 6.45) is 0.361. The fourth-order valence-corrected chi connectivity index (χ4v) is 3.48. The first-order valence-corrected chi connectivity index (χ1v) is 9.62. The molecule has 0 N–H and O–H groups in total. The third-order valence-electron chi connectivity index (χ3n) is 5.14. The van der Waals surface area contributed by atoms with Gasteiger partial charge in [0.2, 0.25) is 5.91 Å². The summed E-state index contributed by atoms with van der Waals surface area (Å²) in [6, 6.07) is 17.4. The van der Waals surface area contributed by atoms with Crippen LogP contribution in [0.2, 0.25) is 0 Å². The van der Waals surface area contributed by atoms with Gasteiger partial charge in [-0.15, -0.1) is 0 Å². The van der Waals surface area contributed by atoms with Crippen LogP contribution in [0.25, 0.3) is 0 Å². The number of carbonyl (C=O) groups excluding carboxylic acids is 3. The molecule has 0 spiro atoms. The fraction of sp³-hybridized carbons (Fsp3) is 0.318. The van der Waals surface area contributed by atoms with Gasteiger partial charge in [-0.05, 0) is 29.7 Å². The van der Waals surface area contributed by atoms with Gasteiger partial charge in [0.15, 0.2) is 6.61 Å². The number of carbonyl (C=O) groups is 3. The zero-order valence-corrected chi connectivity index (χ0v) is 16.0. The summed E-state index contributed by atoms with van der Waals surface area (Å²) in [6.45, 7) is 1.04. The van der Waals surface area contributed by atoms with Crippen LogP contribution in [-0.4, -0.2) is 53.4 Å². The third kappa shape index (κ3) is 4.39. The van der Waals surface area contributed by atoms with E-state index in [0.717, 1.165) is 21.8 Å². The molecule has 2 aromatic carbocycles. The molecule has 2 aliphatic rings. The Morgan fingerprint density at radius 3 is 2.52 bits per heavy atom. The summed E-state index contributed by atoms with van der Waals surface area (Å²) >= 11 is 0. The van der Waals surface area contributed by atoms with E-state index in [9.17, 15) is 14.4 Å². The van der Waals surface area contributed by atoms with Gasteiger partial charge in [0.25, 0.3) is 5.91 Å². The summed E-state index contributed by atoms with van der Waals surface area (Å²) < 4.78 is 10.6. The van der Waals surface area contributed by atoms with E-state index in [1.165, 1.54) is 0 Å². The van der Waals surface area contributed by atoms with Crippen LogP contribution in [0, 0.1) is 0 Å². The highest BCUT2D eigenvalue weighted by molar-refractivity contribution is 5.98. The lowest BCUT2D eigenvalue weighted by Crippen LogP contribution is -2.62. The molecule has 150 valence electrons. The Labute approximate surface area is 168 Å². The smallest absolute Gasteiger partial charge is 0.417 e. The molecule has 29 heavy (non-hydrogen) atoms. The maximum absolute atomic E-state index is 12.4. The van der Waals surface area contributed by atoms with Gasteiger partial charge in [-0.1, -0.05) is 42.5 Å². The van der Waals surface area contributed by atoms with Gasteiger partial charge in [-0.2, -0.15) is 0 Å². The van der Waals surface area contributed by atoms with Crippen LogP contribution >= 0.6 is 0 Å². The lowest BCUT2D eigenvalue weighted by molar-refractivity contribution is -0.142. The monoisotopic (exact) mass is 394 g/mol. The predicted molar refractivity (Wildman–Crippen MR) is 104 cm³/mol. The van der Waals surface area contributed by atoms with Gasteiger partial charge in [0.05, 0.1) is 6.04 Å². The Morgan fingerprint density at radius 2 is 1.79 bits per heavy atom. The molecule has 7 heteroatoms. The van der Waals surface area contributed by atoms with Crippen molar-refractivity contribution < 1.29 is 23.9 Å². The SMILES string of the molecule is O=C(CCc1cccc(OCc2ccccc2)c1)N1CC(N2C(=O)COC2=O)C1. The number of hydrogen-bond donors (Lipinski definition) is 0. The number of aryl methyl sites for hydroxylation is 1. The molecule has 7 nitrogen and oxygen atoms in total. The Kier molecular flexibility index (Phi) is 5.46. The highest BCUT2D eigenvalue weighted by Gasteiger charge is 2.44. The quantitative estimate of drug-likeness (QED) is 0.721. The van der Waals surface area contributed by atoms with Crippen molar-refractivity contribution in [3.05, 3.63) is 65.7 Å². The first kappa shape index (κ1) is 19.0. The van der Waals surface area contributed by atoms with Crippen molar-refractivity contribution in [1.82, 2.24) is 9.80 Å². The molecule has 0 aromatic heterocycles. The van der Waals surface area contributed by atoms with Crippen LogP contribution in [0.3, 0.4) is 0 Å². The van der Waals surface area contributed by atoms with Crippen LogP contribution in [0.15, 0.2) is 54.6 Å². The average Bonchev–Trinajstić information content (AvgIpc) is 3.03. The largest absolute Gasteiger partial charge is 0.489 e. The van der Waals surface area contributed by atoms with Gasteiger partial charge >= 0.3 is 6.09 Å². The van der Waals surface area contributed by atoms with E-state index in [2.05, 4.69) is 0 Å². The second-order valence-electron chi connectivity index (χ2n) is 7.19. The van der Waals surface area contributed by atoms with Gasteiger partial charge in [-0.25, -0.2) is 9.69 Å². The number of likely N-dealkylation sites (tertiary alicyclic amines) is 1. The molecular formula is C22H22N2O5. The number of cyclic esters (lactones) is 1. The van der Waals surface area contributed by atoms with E-state index in [0.29, 0.717) is 32.5 Å². The molecular weight excluding hydrogens is 372 g/mol. The van der Waals surface area contributed by atoms with E-state index in [-0.39, 0.29) is 24.5 Å². The van der Waals surface area contributed by atoms with Crippen LogP contribution in [0.5, 0.6) is 5.75 Å². The minimum Gasteiger partial charge on any atom is -0.489 e. The van der Waals surface area contributed by atoms with Crippen LogP contribution in [0.1, 0.15) is 17.5 Å². The van der Waals surface area contributed by atoms with Crippen molar-refractivity contribution in [3.63, 3.8) is 0 Å². The molecule has 2 aliphatic heterocycles. The second-order valence-corrected chi connectivity index (χ2v) is 7.19. The fourth-order valence-electron chi connectivity index (χ4n) is 3.48. The third-order valence-corrected chi connectivity index (χ3v) is 5.14. The molecule has 2 fully saturated rings. The summed E-state index contributed by atoms with van der Waals surface area (Å²) in [4.78, 5) is 38.4. The Balaban J connectivity index is 1.24. The van der Waals surface area contributed by atoms with Crippen molar-refractivity contribution >= 4 is 17.9 Å². The Morgan fingerprint density at radius 1 is 1.03 bits per heavy atom. The molecule has 0 radical (unpaired) electrons. The maximum Gasteiger partial charge on any atom is 0.417 e. The first-order chi connectivity index (χ1) is 14.1. The number of amides is 3.